The minimum Gasteiger partial charge on any atom is -0.426 e. The van der Waals surface area contributed by atoms with Crippen LogP contribution < -0.4 is 4.74 Å². The molecule has 1 heterocycles. The van der Waals surface area contributed by atoms with Gasteiger partial charge in [0.05, 0.1) is 10.8 Å². The molecule has 0 radical (unpaired) electrons. The van der Waals surface area contributed by atoms with Crippen LogP contribution in [-0.4, -0.2) is 29.5 Å². The highest BCUT2D eigenvalue weighted by Crippen LogP contribution is 2.70. The summed E-state index contributed by atoms with van der Waals surface area (Å²) in [7, 11) is -5.73. The van der Waals surface area contributed by atoms with E-state index in [1.54, 1.807) is 0 Å². The van der Waals surface area contributed by atoms with Crippen molar-refractivity contribution in [3.63, 3.8) is 0 Å². The molecule has 0 spiro atoms. The van der Waals surface area contributed by atoms with Gasteiger partial charge in [-0.3, -0.25) is 9.59 Å². The Labute approximate surface area is 214 Å². The summed E-state index contributed by atoms with van der Waals surface area (Å²) in [6, 6.07) is 8.16. The van der Waals surface area contributed by atoms with Crippen molar-refractivity contribution in [2.45, 2.75) is 89.4 Å². The van der Waals surface area contributed by atoms with E-state index in [1.807, 2.05) is 32.9 Å². The van der Waals surface area contributed by atoms with E-state index in [1.165, 1.54) is 31.2 Å². The monoisotopic (exact) mass is 528 g/mol. The molecule has 0 amide bonds. The number of Topliss-reactive ketones (excluding diaryl/α,β-unsaturated/α-hetero) is 1. The maximum Gasteiger partial charge on any atom is 0.673 e. The molecular weight excluding hydrogens is 491 g/mol. The van der Waals surface area contributed by atoms with E-state index >= 15 is 0 Å². The molecule has 3 saturated carbocycles. The Morgan fingerprint density at radius 2 is 1.69 bits per heavy atom. The third-order valence-electron chi connectivity index (χ3n) is 9.16. The maximum atomic E-state index is 13.4. The minimum atomic E-state index is -6.00. The summed E-state index contributed by atoms with van der Waals surface area (Å²) in [6.07, 6.45) is 7.22. The lowest BCUT2D eigenvalue weighted by atomic mass is 9.64. The molecular formula is C27H37BF4O3S. The molecule has 9 heteroatoms. The molecule has 1 aromatic carbocycles. The van der Waals surface area contributed by atoms with Crippen LogP contribution in [0.4, 0.5) is 17.3 Å². The van der Waals surface area contributed by atoms with E-state index < -0.39 is 12.7 Å². The number of carbonyl (C=O) groups is 2. The van der Waals surface area contributed by atoms with Gasteiger partial charge in [0.1, 0.15) is 27.8 Å². The minimum absolute atomic E-state index is 0.0667. The third kappa shape index (κ3) is 4.97. The number of ether oxygens (including phenoxy) is 1. The highest BCUT2D eigenvalue weighted by Gasteiger charge is 2.75. The molecule has 3 aliphatic carbocycles. The van der Waals surface area contributed by atoms with Crippen LogP contribution >= 0.6 is 0 Å². The zero-order valence-electron chi connectivity index (χ0n) is 21.8. The van der Waals surface area contributed by atoms with Gasteiger partial charge < -0.3 is 22.0 Å². The van der Waals surface area contributed by atoms with Crippen LogP contribution in [0.1, 0.15) is 78.7 Å². The fourth-order valence-corrected chi connectivity index (χ4v) is 11.5. The van der Waals surface area contributed by atoms with E-state index in [0.29, 0.717) is 22.7 Å². The number of carbonyl (C=O) groups excluding carboxylic acids is 2. The Bertz CT molecular complexity index is 998. The predicted molar refractivity (Wildman–Crippen MR) is 136 cm³/mol. The van der Waals surface area contributed by atoms with Crippen molar-refractivity contribution in [2.75, 3.05) is 0 Å². The van der Waals surface area contributed by atoms with Crippen molar-refractivity contribution in [1.29, 1.82) is 0 Å². The summed E-state index contributed by atoms with van der Waals surface area (Å²) in [6.45, 7) is 10.4. The van der Waals surface area contributed by atoms with Gasteiger partial charge in [-0.05, 0) is 80.8 Å². The fraction of sp³-hybridized carbons (Fsp3) is 0.704. The summed E-state index contributed by atoms with van der Waals surface area (Å²) in [5.74, 6) is 3.44. The van der Waals surface area contributed by atoms with Crippen molar-refractivity contribution < 1.29 is 31.6 Å². The second-order valence-corrected chi connectivity index (χ2v) is 15.0. The Kier molecular flexibility index (Phi) is 7.15. The molecule has 4 fully saturated rings. The van der Waals surface area contributed by atoms with Gasteiger partial charge in [-0.15, -0.1) is 0 Å². The smallest absolute Gasteiger partial charge is 0.426 e. The lowest BCUT2D eigenvalue weighted by molar-refractivity contribution is -0.143. The number of hydrogen-bond acceptors (Lipinski definition) is 3. The van der Waals surface area contributed by atoms with Gasteiger partial charge in [-0.1, -0.05) is 26.0 Å². The molecule has 0 aromatic heterocycles. The van der Waals surface area contributed by atoms with E-state index in [2.05, 4.69) is 26.0 Å². The Hall–Kier alpha value is -1.51. The van der Waals surface area contributed by atoms with Crippen molar-refractivity contribution in [2.24, 2.45) is 28.1 Å². The van der Waals surface area contributed by atoms with E-state index in [4.69, 9.17) is 4.74 Å². The van der Waals surface area contributed by atoms with Crippen LogP contribution in [0.5, 0.6) is 5.75 Å². The molecule has 3 nitrogen and oxygen atoms in total. The van der Waals surface area contributed by atoms with Crippen LogP contribution in [0.2, 0.25) is 0 Å². The molecule has 5 rings (SSSR count). The lowest BCUT2D eigenvalue weighted by Gasteiger charge is -2.43. The number of esters is 1. The second kappa shape index (κ2) is 9.35. The van der Waals surface area contributed by atoms with Crippen LogP contribution in [0.15, 0.2) is 24.3 Å². The first kappa shape index (κ1) is 27.5. The van der Waals surface area contributed by atoms with Gasteiger partial charge >= 0.3 is 13.2 Å². The molecule has 1 unspecified atom stereocenters. The summed E-state index contributed by atoms with van der Waals surface area (Å²) in [5.41, 5.74) is 0.916. The summed E-state index contributed by atoms with van der Waals surface area (Å²) in [4.78, 5) is 25.6. The maximum absolute atomic E-state index is 13.4. The third-order valence-corrected chi connectivity index (χ3v) is 12.6. The van der Waals surface area contributed by atoms with Gasteiger partial charge in [0.25, 0.3) is 0 Å². The van der Waals surface area contributed by atoms with Crippen LogP contribution in [0.25, 0.3) is 0 Å². The molecule has 36 heavy (non-hydrogen) atoms. The number of fused-ring (bicyclic) bond motifs is 4. The van der Waals surface area contributed by atoms with E-state index in [0.717, 1.165) is 29.8 Å². The van der Waals surface area contributed by atoms with Gasteiger partial charge in [-0.2, -0.15) is 0 Å². The van der Waals surface area contributed by atoms with Crippen molar-refractivity contribution in [3.05, 3.63) is 29.8 Å². The van der Waals surface area contributed by atoms with Crippen LogP contribution in [-0.2, 0) is 26.2 Å². The summed E-state index contributed by atoms with van der Waals surface area (Å²) in [5, 5.41) is 1.38. The first-order valence-corrected chi connectivity index (χ1v) is 14.5. The molecule has 6 atom stereocenters. The quantitative estimate of drug-likeness (QED) is 0.139. The largest absolute Gasteiger partial charge is 0.673 e. The predicted octanol–water partition coefficient (Wildman–Crippen LogP) is 7.00. The van der Waals surface area contributed by atoms with Crippen LogP contribution in [0, 0.1) is 28.1 Å². The number of ketones is 1. The lowest BCUT2D eigenvalue weighted by Crippen LogP contribution is -2.53. The Balaban J connectivity index is 0.000000556. The molecule has 1 aliphatic heterocycles. The average molecular weight is 528 g/mol. The SMILES string of the molecule is CC(C)(C)C(=O)Oc1ccc(C[S+]2[C@@H]3CC[C@@H](C3)[C@@H]2[C@@]23CC[C@@H](CC2=O)C3(C)C)cc1.F[B-](F)(F)F. The zero-order valence-corrected chi connectivity index (χ0v) is 22.6. The van der Waals surface area contributed by atoms with E-state index in [9.17, 15) is 26.9 Å². The second-order valence-electron chi connectivity index (χ2n) is 12.6. The van der Waals surface area contributed by atoms with Crippen LogP contribution in [0.3, 0.4) is 0 Å². The van der Waals surface area contributed by atoms with Gasteiger partial charge in [0.15, 0.2) is 0 Å². The summed E-state index contributed by atoms with van der Waals surface area (Å²) < 4.78 is 44.6. The molecule has 4 aliphatic rings. The highest BCUT2D eigenvalue weighted by molar-refractivity contribution is 7.97. The number of rotatable bonds is 4. The fourth-order valence-electron chi connectivity index (χ4n) is 7.33. The topological polar surface area (TPSA) is 43.4 Å². The first-order valence-electron chi connectivity index (χ1n) is 12.9. The number of benzene rings is 1. The molecule has 1 aromatic rings. The average Bonchev–Trinajstić information content (AvgIpc) is 3.45. The van der Waals surface area contributed by atoms with Gasteiger partial charge in [-0.25, -0.2) is 0 Å². The first-order chi connectivity index (χ1) is 16.5. The zero-order chi connectivity index (χ0) is 26.7. The van der Waals surface area contributed by atoms with Crippen molar-refractivity contribution >= 4 is 29.9 Å². The van der Waals surface area contributed by atoms with Gasteiger partial charge in [0, 0.05) is 24.3 Å². The van der Waals surface area contributed by atoms with Crippen molar-refractivity contribution in [3.8, 4) is 5.75 Å². The van der Waals surface area contributed by atoms with E-state index in [-0.39, 0.29) is 27.7 Å². The Morgan fingerprint density at radius 1 is 1.08 bits per heavy atom. The number of hydrogen-bond donors (Lipinski definition) is 0. The molecule has 0 N–H and O–H groups in total. The summed E-state index contributed by atoms with van der Waals surface area (Å²) >= 11 is 0. The Morgan fingerprint density at radius 3 is 2.19 bits per heavy atom. The molecule has 1 saturated heterocycles. The highest BCUT2D eigenvalue weighted by atomic mass is 32.2. The normalized spacial score (nSPS) is 34.5. The standard InChI is InChI=1S/C27H37O3S.BF4/c1-25(2,3)24(29)30-20-9-6-17(7-10-20)16-31-21-11-8-18(14-21)23(31)27-13-12-19(15-22(27)28)26(27,4)5;2-1(3,4)5/h6-7,9-10,18-19,21,23H,8,11-16H2,1-5H3;/q+1;-1/t18-,19-,21+,23+,27+,31?;/m0./s1. The molecule has 4 bridgehead atoms. The van der Waals surface area contributed by atoms with Crippen molar-refractivity contribution in [1.82, 2.24) is 0 Å². The number of halogens is 4. The van der Waals surface area contributed by atoms with Gasteiger partial charge in [0.2, 0.25) is 0 Å². The molecule has 200 valence electrons.